The standard InChI is InChI=1S/C28H24N2/c1-18(2)11-12-19-13-16-24-26(17-19)30-25-10-6-5-9-22(25)23-15-14-20-7-3-4-8-21(20)27(23)28(30)29-24/h3-10,13-18H,11-12H2,1-2H3. The number of para-hydroxylation sites is 1. The number of benzene rings is 4. The number of nitrogens with zero attached hydrogens (tertiary/aromatic N) is 2. The number of hydrogen-bond donors (Lipinski definition) is 0. The van der Waals surface area contributed by atoms with Gasteiger partial charge < -0.3 is 0 Å². The fourth-order valence-corrected chi connectivity index (χ4v) is 4.78. The summed E-state index contributed by atoms with van der Waals surface area (Å²) in [5.41, 5.74) is 5.93. The Kier molecular flexibility index (Phi) is 3.82. The second-order valence-electron chi connectivity index (χ2n) is 8.75. The number of fused-ring (bicyclic) bond motifs is 10. The average Bonchev–Trinajstić information content (AvgIpc) is 3.16. The number of pyridine rings is 1. The monoisotopic (exact) mass is 388 g/mol. The summed E-state index contributed by atoms with van der Waals surface area (Å²) in [7, 11) is 0. The number of aromatic nitrogens is 2. The van der Waals surface area contributed by atoms with Crippen LogP contribution >= 0.6 is 0 Å². The summed E-state index contributed by atoms with van der Waals surface area (Å²) >= 11 is 0. The molecule has 2 nitrogen and oxygen atoms in total. The lowest BCUT2D eigenvalue weighted by atomic mass is 9.99. The molecule has 2 heteroatoms. The SMILES string of the molecule is CC(C)CCc1ccc2nc3c4c5ccccc5ccc4c4ccccc4n3c2c1. The van der Waals surface area contributed by atoms with E-state index in [0.29, 0.717) is 5.92 Å². The van der Waals surface area contributed by atoms with E-state index in [4.69, 9.17) is 4.98 Å². The van der Waals surface area contributed by atoms with Crippen LogP contribution in [-0.4, -0.2) is 9.38 Å². The molecule has 6 aromatic rings. The van der Waals surface area contributed by atoms with Crippen LogP contribution in [0.2, 0.25) is 0 Å². The first-order valence-electron chi connectivity index (χ1n) is 10.8. The molecular weight excluding hydrogens is 364 g/mol. The molecular formula is C28H24N2. The summed E-state index contributed by atoms with van der Waals surface area (Å²) in [6, 6.07) is 28.6. The number of imidazole rings is 1. The van der Waals surface area contributed by atoms with Crippen LogP contribution in [0.4, 0.5) is 0 Å². The van der Waals surface area contributed by atoms with Crippen LogP contribution in [-0.2, 0) is 6.42 Å². The van der Waals surface area contributed by atoms with E-state index in [1.165, 1.54) is 49.9 Å². The molecule has 0 fully saturated rings. The minimum Gasteiger partial charge on any atom is -0.292 e. The predicted molar refractivity (Wildman–Crippen MR) is 128 cm³/mol. The Morgan fingerprint density at radius 1 is 0.767 bits per heavy atom. The van der Waals surface area contributed by atoms with Gasteiger partial charge in [-0.2, -0.15) is 0 Å². The van der Waals surface area contributed by atoms with Crippen molar-refractivity contribution in [3.05, 3.63) is 84.4 Å². The van der Waals surface area contributed by atoms with Crippen LogP contribution < -0.4 is 0 Å². The van der Waals surface area contributed by atoms with E-state index in [9.17, 15) is 0 Å². The van der Waals surface area contributed by atoms with Crippen molar-refractivity contribution >= 4 is 49.1 Å². The van der Waals surface area contributed by atoms with Gasteiger partial charge in [-0.1, -0.05) is 74.5 Å². The third-order valence-corrected chi connectivity index (χ3v) is 6.32. The summed E-state index contributed by atoms with van der Waals surface area (Å²) in [6.07, 6.45) is 2.31. The van der Waals surface area contributed by atoms with Gasteiger partial charge in [-0.15, -0.1) is 0 Å². The van der Waals surface area contributed by atoms with Crippen molar-refractivity contribution in [2.24, 2.45) is 5.92 Å². The van der Waals surface area contributed by atoms with Crippen LogP contribution in [0.15, 0.2) is 78.9 Å². The lowest BCUT2D eigenvalue weighted by Crippen LogP contribution is -1.94. The van der Waals surface area contributed by atoms with E-state index in [-0.39, 0.29) is 0 Å². The van der Waals surface area contributed by atoms with E-state index < -0.39 is 0 Å². The van der Waals surface area contributed by atoms with Gasteiger partial charge in [0.15, 0.2) is 0 Å². The first-order chi connectivity index (χ1) is 14.7. The van der Waals surface area contributed by atoms with Crippen LogP contribution in [0, 0.1) is 5.92 Å². The van der Waals surface area contributed by atoms with E-state index in [2.05, 4.69) is 97.1 Å². The van der Waals surface area contributed by atoms with Gasteiger partial charge in [0.2, 0.25) is 0 Å². The zero-order chi connectivity index (χ0) is 20.2. The molecule has 0 aliphatic rings. The molecule has 2 aromatic heterocycles. The van der Waals surface area contributed by atoms with Gasteiger partial charge >= 0.3 is 0 Å². The molecule has 0 amide bonds. The molecule has 0 atom stereocenters. The quantitative estimate of drug-likeness (QED) is 0.286. The molecule has 0 bridgehead atoms. The zero-order valence-corrected chi connectivity index (χ0v) is 17.4. The molecule has 0 spiro atoms. The first-order valence-corrected chi connectivity index (χ1v) is 10.8. The number of hydrogen-bond acceptors (Lipinski definition) is 1. The third kappa shape index (κ3) is 2.53. The van der Waals surface area contributed by atoms with Crippen molar-refractivity contribution in [3.8, 4) is 0 Å². The molecule has 0 radical (unpaired) electrons. The third-order valence-electron chi connectivity index (χ3n) is 6.32. The largest absolute Gasteiger partial charge is 0.292 e. The molecule has 146 valence electrons. The van der Waals surface area contributed by atoms with Crippen molar-refractivity contribution in [1.82, 2.24) is 9.38 Å². The van der Waals surface area contributed by atoms with Crippen LogP contribution in [0.3, 0.4) is 0 Å². The van der Waals surface area contributed by atoms with Crippen molar-refractivity contribution < 1.29 is 0 Å². The molecule has 4 aromatic carbocycles. The molecule has 2 heterocycles. The molecule has 30 heavy (non-hydrogen) atoms. The Morgan fingerprint density at radius 3 is 2.43 bits per heavy atom. The Balaban J connectivity index is 1.81. The second-order valence-corrected chi connectivity index (χ2v) is 8.75. The number of rotatable bonds is 3. The van der Waals surface area contributed by atoms with Gasteiger partial charge in [-0.3, -0.25) is 4.40 Å². The summed E-state index contributed by atoms with van der Waals surface area (Å²) in [6.45, 7) is 4.58. The van der Waals surface area contributed by atoms with Gasteiger partial charge in [-0.25, -0.2) is 4.98 Å². The summed E-state index contributed by atoms with van der Waals surface area (Å²) in [4.78, 5) is 5.14. The molecule has 0 unspecified atom stereocenters. The van der Waals surface area contributed by atoms with Crippen LogP contribution in [0.25, 0.3) is 49.1 Å². The minimum atomic E-state index is 0.707. The fourth-order valence-electron chi connectivity index (χ4n) is 4.78. The van der Waals surface area contributed by atoms with Gasteiger partial charge in [0.05, 0.1) is 16.6 Å². The van der Waals surface area contributed by atoms with Crippen molar-refractivity contribution in [3.63, 3.8) is 0 Å². The van der Waals surface area contributed by atoms with E-state index >= 15 is 0 Å². The minimum absolute atomic E-state index is 0.707. The highest BCUT2D eigenvalue weighted by Gasteiger charge is 2.15. The fraction of sp³-hybridized carbons (Fsp3) is 0.179. The summed E-state index contributed by atoms with van der Waals surface area (Å²) in [5, 5.41) is 6.31. The van der Waals surface area contributed by atoms with Crippen molar-refractivity contribution in [2.45, 2.75) is 26.7 Å². The van der Waals surface area contributed by atoms with E-state index in [1.54, 1.807) is 0 Å². The Labute approximate surface area is 175 Å². The normalized spacial score (nSPS) is 12.2. The van der Waals surface area contributed by atoms with Gasteiger partial charge in [0.1, 0.15) is 5.65 Å². The predicted octanol–water partition coefficient (Wildman–Crippen LogP) is 7.54. The van der Waals surface area contributed by atoms with Gasteiger partial charge in [0.25, 0.3) is 0 Å². The molecule has 0 aliphatic heterocycles. The van der Waals surface area contributed by atoms with Crippen LogP contribution in [0.5, 0.6) is 0 Å². The van der Waals surface area contributed by atoms with Gasteiger partial charge in [0, 0.05) is 10.8 Å². The molecule has 0 N–H and O–H groups in total. The maximum atomic E-state index is 5.14. The van der Waals surface area contributed by atoms with Gasteiger partial charge in [-0.05, 0) is 58.7 Å². The topological polar surface area (TPSA) is 17.3 Å². The summed E-state index contributed by atoms with van der Waals surface area (Å²) in [5.74, 6) is 0.707. The maximum Gasteiger partial charge on any atom is 0.147 e. The highest BCUT2D eigenvalue weighted by Crippen LogP contribution is 2.36. The molecule has 0 aliphatic carbocycles. The molecule has 0 saturated carbocycles. The molecule has 0 saturated heterocycles. The first kappa shape index (κ1) is 17.5. The lowest BCUT2D eigenvalue weighted by molar-refractivity contribution is 0.587. The Bertz CT molecular complexity index is 1570. The number of aryl methyl sites for hydroxylation is 1. The average molecular weight is 389 g/mol. The maximum absolute atomic E-state index is 5.14. The molecule has 6 rings (SSSR count). The van der Waals surface area contributed by atoms with Crippen molar-refractivity contribution in [1.29, 1.82) is 0 Å². The lowest BCUT2D eigenvalue weighted by Gasteiger charge is -2.11. The second kappa shape index (κ2) is 6.56. The van der Waals surface area contributed by atoms with Crippen molar-refractivity contribution in [2.75, 3.05) is 0 Å². The van der Waals surface area contributed by atoms with Crippen LogP contribution in [0.1, 0.15) is 25.8 Å². The Morgan fingerprint density at radius 2 is 1.57 bits per heavy atom. The Hall–Kier alpha value is -3.39. The highest BCUT2D eigenvalue weighted by molar-refractivity contribution is 6.23. The summed E-state index contributed by atoms with van der Waals surface area (Å²) < 4.78 is 2.37. The smallest absolute Gasteiger partial charge is 0.147 e. The van der Waals surface area contributed by atoms with E-state index in [0.717, 1.165) is 17.6 Å². The van der Waals surface area contributed by atoms with E-state index in [1.807, 2.05) is 0 Å². The zero-order valence-electron chi connectivity index (χ0n) is 17.4. The highest BCUT2D eigenvalue weighted by atomic mass is 15.0.